The molecule has 0 bridgehead atoms. The zero-order chi connectivity index (χ0) is 12.8. The van der Waals surface area contributed by atoms with Crippen molar-refractivity contribution in [2.75, 3.05) is 19.6 Å². The Morgan fingerprint density at radius 2 is 2.00 bits per heavy atom. The van der Waals surface area contributed by atoms with Crippen LogP contribution in [-0.4, -0.2) is 36.6 Å². The molecular weight excluding hydrogens is 208 g/mol. The van der Waals surface area contributed by atoms with E-state index in [4.69, 9.17) is 0 Å². The van der Waals surface area contributed by atoms with Gasteiger partial charge in [0.1, 0.15) is 0 Å². The van der Waals surface area contributed by atoms with Crippen LogP contribution in [0.3, 0.4) is 0 Å². The van der Waals surface area contributed by atoms with Crippen LogP contribution in [0.5, 0.6) is 0 Å². The highest BCUT2D eigenvalue weighted by Crippen LogP contribution is 2.29. The smallest absolute Gasteiger partial charge is 0.00955 e. The summed E-state index contributed by atoms with van der Waals surface area (Å²) < 4.78 is 0. The van der Waals surface area contributed by atoms with E-state index in [0.29, 0.717) is 0 Å². The largest absolute Gasteiger partial charge is 0.317 e. The van der Waals surface area contributed by atoms with Gasteiger partial charge in [-0.2, -0.15) is 0 Å². The highest BCUT2D eigenvalue weighted by molar-refractivity contribution is 4.85. The molecule has 0 saturated carbocycles. The zero-order valence-electron chi connectivity index (χ0n) is 12.5. The lowest BCUT2D eigenvalue weighted by molar-refractivity contribution is 0.0429. The first kappa shape index (κ1) is 15.0. The number of nitrogens with zero attached hydrogens (tertiary/aromatic N) is 1. The molecule has 0 spiro atoms. The first-order valence-electron chi connectivity index (χ1n) is 7.52. The molecule has 0 aromatic heterocycles. The topological polar surface area (TPSA) is 15.3 Å². The van der Waals surface area contributed by atoms with Crippen LogP contribution in [0.15, 0.2) is 0 Å². The third-order valence-electron chi connectivity index (χ3n) is 4.43. The first-order chi connectivity index (χ1) is 8.06. The lowest BCUT2D eigenvalue weighted by atomic mass is 9.84. The maximum Gasteiger partial charge on any atom is 0.00955 e. The monoisotopic (exact) mass is 240 g/mol. The summed E-state index contributed by atoms with van der Waals surface area (Å²) in [5.74, 6) is 1.73. The predicted octanol–water partition coefficient (Wildman–Crippen LogP) is 3.13. The Labute approximate surface area is 108 Å². The van der Waals surface area contributed by atoms with Gasteiger partial charge in [-0.25, -0.2) is 0 Å². The molecule has 1 heterocycles. The average Bonchev–Trinajstić information content (AvgIpc) is 2.29. The third kappa shape index (κ3) is 4.59. The van der Waals surface area contributed by atoms with Gasteiger partial charge >= 0.3 is 0 Å². The maximum absolute atomic E-state index is 3.42. The van der Waals surface area contributed by atoms with Crippen molar-refractivity contribution in [1.29, 1.82) is 0 Å². The van der Waals surface area contributed by atoms with Crippen molar-refractivity contribution in [2.45, 2.75) is 66.0 Å². The summed E-state index contributed by atoms with van der Waals surface area (Å²) in [6, 6.07) is 1.51. The minimum Gasteiger partial charge on any atom is -0.317 e. The average molecular weight is 240 g/mol. The highest BCUT2D eigenvalue weighted by atomic mass is 15.2. The van der Waals surface area contributed by atoms with Crippen molar-refractivity contribution in [1.82, 2.24) is 10.2 Å². The molecule has 1 aliphatic rings. The highest BCUT2D eigenvalue weighted by Gasteiger charge is 2.31. The number of rotatable bonds is 6. The Morgan fingerprint density at radius 1 is 1.29 bits per heavy atom. The molecule has 0 amide bonds. The van der Waals surface area contributed by atoms with Crippen LogP contribution in [0, 0.1) is 11.8 Å². The van der Waals surface area contributed by atoms with E-state index in [9.17, 15) is 0 Å². The second-order valence-corrected chi connectivity index (χ2v) is 6.10. The fourth-order valence-electron chi connectivity index (χ4n) is 3.21. The number of hydrogen-bond acceptors (Lipinski definition) is 2. The van der Waals surface area contributed by atoms with Crippen LogP contribution >= 0.6 is 0 Å². The Kier molecular flexibility index (Phi) is 6.50. The molecule has 0 radical (unpaired) electrons. The molecule has 0 aliphatic carbocycles. The summed E-state index contributed by atoms with van der Waals surface area (Å²) in [7, 11) is 0. The van der Waals surface area contributed by atoms with Gasteiger partial charge in [-0.3, -0.25) is 4.90 Å². The fraction of sp³-hybridized carbons (Fsp3) is 1.00. The molecule has 1 N–H and O–H groups in total. The lowest BCUT2D eigenvalue weighted by Crippen LogP contribution is -2.50. The van der Waals surface area contributed by atoms with Crippen molar-refractivity contribution >= 4 is 0 Å². The maximum atomic E-state index is 3.42. The molecule has 0 aromatic carbocycles. The molecule has 4 atom stereocenters. The summed E-state index contributed by atoms with van der Waals surface area (Å²) in [5, 5.41) is 3.42. The summed E-state index contributed by atoms with van der Waals surface area (Å²) in [6.45, 7) is 15.4. The van der Waals surface area contributed by atoms with Gasteiger partial charge in [0.05, 0.1) is 0 Å². The van der Waals surface area contributed by atoms with E-state index >= 15 is 0 Å². The van der Waals surface area contributed by atoms with Crippen LogP contribution in [-0.2, 0) is 0 Å². The summed E-state index contributed by atoms with van der Waals surface area (Å²) in [4.78, 5) is 2.74. The Bertz CT molecular complexity index is 205. The van der Waals surface area contributed by atoms with Gasteiger partial charge in [0.25, 0.3) is 0 Å². The molecular formula is C15H32N2. The molecule has 102 valence electrons. The van der Waals surface area contributed by atoms with Crippen molar-refractivity contribution in [3.05, 3.63) is 0 Å². The lowest BCUT2D eigenvalue weighted by Gasteiger charge is -2.44. The van der Waals surface area contributed by atoms with E-state index in [-0.39, 0.29) is 0 Å². The minimum atomic E-state index is 0.744. The van der Waals surface area contributed by atoms with Gasteiger partial charge in [-0.15, -0.1) is 0 Å². The van der Waals surface area contributed by atoms with Gasteiger partial charge in [0, 0.05) is 18.6 Å². The Balaban J connectivity index is 2.35. The number of nitrogens with one attached hydrogen (secondary N) is 1. The fourth-order valence-corrected chi connectivity index (χ4v) is 3.21. The van der Waals surface area contributed by atoms with Crippen molar-refractivity contribution < 1.29 is 0 Å². The van der Waals surface area contributed by atoms with Crippen LogP contribution in [0.4, 0.5) is 0 Å². The molecule has 1 fully saturated rings. The number of likely N-dealkylation sites (tertiary alicyclic amines) is 1. The van der Waals surface area contributed by atoms with Crippen molar-refractivity contribution in [3.63, 3.8) is 0 Å². The first-order valence-corrected chi connectivity index (χ1v) is 7.52. The second-order valence-electron chi connectivity index (χ2n) is 6.10. The molecule has 1 aliphatic heterocycles. The van der Waals surface area contributed by atoms with Crippen LogP contribution < -0.4 is 5.32 Å². The summed E-state index contributed by atoms with van der Waals surface area (Å²) in [5.41, 5.74) is 0. The van der Waals surface area contributed by atoms with Crippen molar-refractivity contribution in [2.24, 2.45) is 11.8 Å². The van der Waals surface area contributed by atoms with Crippen molar-refractivity contribution in [3.8, 4) is 0 Å². The zero-order valence-corrected chi connectivity index (χ0v) is 12.5. The van der Waals surface area contributed by atoms with Gasteiger partial charge in [-0.1, -0.05) is 20.8 Å². The van der Waals surface area contributed by atoms with Gasteiger partial charge in [0.15, 0.2) is 0 Å². The van der Waals surface area contributed by atoms with E-state index in [2.05, 4.69) is 44.8 Å². The SMILES string of the molecule is CCNCCCC(C)N1CC(C)CC(C)C1C. The van der Waals surface area contributed by atoms with E-state index in [0.717, 1.165) is 30.5 Å². The molecule has 1 rings (SSSR count). The second kappa shape index (κ2) is 7.38. The third-order valence-corrected chi connectivity index (χ3v) is 4.43. The standard InChI is InChI=1S/C15H32N2/c1-6-16-9-7-8-14(4)17-11-12(2)10-13(3)15(17)5/h12-16H,6-11H2,1-5H3. The van der Waals surface area contributed by atoms with E-state index in [1.165, 1.54) is 32.4 Å². The van der Waals surface area contributed by atoms with Gasteiger partial charge in [0.2, 0.25) is 0 Å². The molecule has 17 heavy (non-hydrogen) atoms. The summed E-state index contributed by atoms with van der Waals surface area (Å²) in [6.07, 6.45) is 4.04. The normalized spacial score (nSPS) is 32.6. The molecule has 4 unspecified atom stereocenters. The number of piperidine rings is 1. The molecule has 2 nitrogen and oxygen atoms in total. The van der Waals surface area contributed by atoms with E-state index in [1.54, 1.807) is 0 Å². The van der Waals surface area contributed by atoms with Gasteiger partial charge in [-0.05, 0) is 58.0 Å². The Hall–Kier alpha value is -0.0800. The minimum absolute atomic E-state index is 0.744. The summed E-state index contributed by atoms with van der Waals surface area (Å²) >= 11 is 0. The molecule has 0 aromatic rings. The van der Waals surface area contributed by atoms with E-state index in [1.807, 2.05) is 0 Å². The predicted molar refractivity (Wildman–Crippen MR) is 76.4 cm³/mol. The molecule has 2 heteroatoms. The molecule has 1 saturated heterocycles. The number of hydrogen-bond donors (Lipinski definition) is 1. The van der Waals surface area contributed by atoms with Crippen LogP contribution in [0.1, 0.15) is 53.9 Å². The van der Waals surface area contributed by atoms with Gasteiger partial charge < -0.3 is 5.32 Å². The van der Waals surface area contributed by atoms with Crippen LogP contribution in [0.25, 0.3) is 0 Å². The Morgan fingerprint density at radius 3 is 2.65 bits per heavy atom. The van der Waals surface area contributed by atoms with Crippen LogP contribution in [0.2, 0.25) is 0 Å². The van der Waals surface area contributed by atoms with E-state index < -0.39 is 0 Å². The quantitative estimate of drug-likeness (QED) is 0.718.